The third kappa shape index (κ3) is 2.27. The largest absolute Gasteiger partial charge is 0.507 e. The SMILES string of the molecule is O=C(O)C1(c2ccc(O)c(C(F)(F)F)c2)CCCC1. The van der Waals surface area contributed by atoms with Crippen molar-refractivity contribution in [3.05, 3.63) is 29.3 Å². The summed E-state index contributed by atoms with van der Waals surface area (Å²) in [6.07, 6.45) is -2.70. The molecule has 1 saturated carbocycles. The molecule has 2 N–H and O–H groups in total. The Hall–Kier alpha value is -1.72. The van der Waals surface area contributed by atoms with Crippen LogP contribution in [0.15, 0.2) is 18.2 Å². The molecule has 0 unspecified atom stereocenters. The van der Waals surface area contributed by atoms with Gasteiger partial charge in [-0.25, -0.2) is 0 Å². The van der Waals surface area contributed by atoms with Gasteiger partial charge < -0.3 is 10.2 Å². The van der Waals surface area contributed by atoms with Crippen molar-refractivity contribution in [1.82, 2.24) is 0 Å². The van der Waals surface area contributed by atoms with Crippen LogP contribution in [0, 0.1) is 0 Å². The minimum absolute atomic E-state index is 0.114. The molecule has 0 saturated heterocycles. The number of phenolic OH excluding ortho intramolecular Hbond substituents is 1. The number of carbonyl (C=O) groups is 1. The molecule has 0 radical (unpaired) electrons. The van der Waals surface area contributed by atoms with E-state index in [4.69, 9.17) is 0 Å². The van der Waals surface area contributed by atoms with Crippen LogP contribution in [0.1, 0.15) is 36.8 Å². The van der Waals surface area contributed by atoms with Crippen molar-refractivity contribution < 1.29 is 28.2 Å². The highest BCUT2D eigenvalue weighted by molar-refractivity contribution is 5.82. The van der Waals surface area contributed by atoms with E-state index in [-0.39, 0.29) is 5.56 Å². The lowest BCUT2D eigenvalue weighted by molar-refractivity contribution is -0.144. The van der Waals surface area contributed by atoms with E-state index in [0.717, 1.165) is 12.1 Å². The molecule has 0 atom stereocenters. The quantitative estimate of drug-likeness (QED) is 0.869. The number of carboxylic acids is 1. The van der Waals surface area contributed by atoms with Crippen LogP contribution in [-0.2, 0) is 16.4 Å². The maximum Gasteiger partial charge on any atom is 0.419 e. The van der Waals surface area contributed by atoms with Gasteiger partial charge in [0.05, 0.1) is 11.0 Å². The third-order valence-corrected chi connectivity index (χ3v) is 3.72. The molecular formula is C13H13F3O3. The van der Waals surface area contributed by atoms with Crippen LogP contribution in [0.25, 0.3) is 0 Å². The fourth-order valence-corrected chi connectivity index (χ4v) is 2.67. The summed E-state index contributed by atoms with van der Waals surface area (Å²) in [6.45, 7) is 0. The van der Waals surface area contributed by atoms with Gasteiger partial charge in [0.25, 0.3) is 0 Å². The molecular weight excluding hydrogens is 261 g/mol. The summed E-state index contributed by atoms with van der Waals surface area (Å²) in [5.41, 5.74) is -2.33. The van der Waals surface area contributed by atoms with Gasteiger partial charge in [0, 0.05) is 0 Å². The zero-order valence-corrected chi connectivity index (χ0v) is 10.00. The first-order chi connectivity index (χ1) is 8.77. The first-order valence-corrected chi connectivity index (χ1v) is 5.91. The summed E-state index contributed by atoms with van der Waals surface area (Å²) in [7, 11) is 0. The van der Waals surface area contributed by atoms with Gasteiger partial charge in [-0.2, -0.15) is 13.2 Å². The molecule has 0 amide bonds. The number of benzene rings is 1. The van der Waals surface area contributed by atoms with Crippen molar-refractivity contribution in [2.24, 2.45) is 0 Å². The predicted molar refractivity (Wildman–Crippen MR) is 60.9 cm³/mol. The minimum Gasteiger partial charge on any atom is -0.507 e. The molecule has 6 heteroatoms. The zero-order valence-electron chi connectivity index (χ0n) is 10.00. The fourth-order valence-electron chi connectivity index (χ4n) is 2.67. The normalized spacial score (nSPS) is 18.5. The summed E-state index contributed by atoms with van der Waals surface area (Å²) in [4.78, 5) is 11.4. The number of halogens is 3. The van der Waals surface area contributed by atoms with Crippen molar-refractivity contribution in [2.45, 2.75) is 37.3 Å². The van der Waals surface area contributed by atoms with E-state index < -0.39 is 28.9 Å². The van der Waals surface area contributed by atoms with Crippen LogP contribution in [0.2, 0.25) is 0 Å². The third-order valence-electron chi connectivity index (χ3n) is 3.72. The molecule has 19 heavy (non-hydrogen) atoms. The van der Waals surface area contributed by atoms with E-state index in [1.165, 1.54) is 6.07 Å². The molecule has 0 aromatic heterocycles. The van der Waals surface area contributed by atoms with Gasteiger partial charge in [-0.1, -0.05) is 18.9 Å². The first kappa shape index (κ1) is 13.7. The van der Waals surface area contributed by atoms with E-state index in [0.29, 0.717) is 25.7 Å². The van der Waals surface area contributed by atoms with E-state index in [2.05, 4.69) is 0 Å². The van der Waals surface area contributed by atoms with Crippen LogP contribution in [0.4, 0.5) is 13.2 Å². The Morgan fingerprint density at radius 3 is 2.26 bits per heavy atom. The highest BCUT2D eigenvalue weighted by atomic mass is 19.4. The lowest BCUT2D eigenvalue weighted by atomic mass is 9.78. The molecule has 0 spiro atoms. The van der Waals surface area contributed by atoms with Crippen LogP contribution < -0.4 is 0 Å². The van der Waals surface area contributed by atoms with Gasteiger partial charge in [0.2, 0.25) is 0 Å². The van der Waals surface area contributed by atoms with E-state index in [9.17, 15) is 28.2 Å². The Labute approximate surface area is 107 Å². The Balaban J connectivity index is 2.54. The number of rotatable bonds is 2. The smallest absolute Gasteiger partial charge is 0.419 e. The molecule has 0 aliphatic heterocycles. The lowest BCUT2D eigenvalue weighted by Crippen LogP contribution is -2.32. The molecule has 1 aromatic rings. The number of alkyl halides is 3. The Morgan fingerprint density at radius 2 is 1.79 bits per heavy atom. The Bertz CT molecular complexity index is 502. The Morgan fingerprint density at radius 1 is 1.21 bits per heavy atom. The molecule has 104 valence electrons. The van der Waals surface area contributed by atoms with Crippen LogP contribution in [0.5, 0.6) is 5.75 Å². The summed E-state index contributed by atoms with van der Waals surface area (Å²) >= 11 is 0. The van der Waals surface area contributed by atoms with Crippen molar-refractivity contribution in [2.75, 3.05) is 0 Å². The van der Waals surface area contributed by atoms with Gasteiger partial charge in [0.15, 0.2) is 0 Å². The summed E-state index contributed by atoms with van der Waals surface area (Å²) < 4.78 is 38.2. The Kier molecular flexibility index (Phi) is 3.20. The van der Waals surface area contributed by atoms with E-state index >= 15 is 0 Å². The molecule has 1 aromatic carbocycles. The monoisotopic (exact) mass is 274 g/mol. The van der Waals surface area contributed by atoms with Crippen LogP contribution in [-0.4, -0.2) is 16.2 Å². The molecule has 1 aliphatic rings. The topological polar surface area (TPSA) is 57.5 Å². The van der Waals surface area contributed by atoms with Crippen molar-refractivity contribution in [1.29, 1.82) is 0 Å². The molecule has 1 fully saturated rings. The van der Waals surface area contributed by atoms with Crippen molar-refractivity contribution in [3.8, 4) is 5.75 Å². The number of phenols is 1. The second-order valence-corrected chi connectivity index (χ2v) is 4.82. The molecule has 0 heterocycles. The summed E-state index contributed by atoms with van der Waals surface area (Å²) in [6, 6.07) is 2.94. The van der Waals surface area contributed by atoms with Gasteiger partial charge in [0.1, 0.15) is 5.75 Å². The second kappa shape index (κ2) is 4.43. The van der Waals surface area contributed by atoms with Gasteiger partial charge in [-0.15, -0.1) is 0 Å². The van der Waals surface area contributed by atoms with E-state index in [1.807, 2.05) is 0 Å². The van der Waals surface area contributed by atoms with Gasteiger partial charge in [-0.3, -0.25) is 4.79 Å². The van der Waals surface area contributed by atoms with Crippen LogP contribution >= 0.6 is 0 Å². The standard InChI is InChI=1S/C13H13F3O3/c14-13(15,16)9-7-8(3-4-10(9)17)12(11(18)19)5-1-2-6-12/h3-4,7,17H,1-2,5-6H2,(H,18,19). The number of hydrogen-bond donors (Lipinski definition) is 2. The van der Waals surface area contributed by atoms with Gasteiger partial charge in [-0.05, 0) is 30.5 Å². The molecule has 3 nitrogen and oxygen atoms in total. The second-order valence-electron chi connectivity index (χ2n) is 4.82. The lowest BCUT2D eigenvalue weighted by Gasteiger charge is -2.25. The van der Waals surface area contributed by atoms with Crippen molar-refractivity contribution in [3.63, 3.8) is 0 Å². The van der Waals surface area contributed by atoms with E-state index in [1.54, 1.807) is 0 Å². The maximum atomic E-state index is 12.7. The zero-order chi connectivity index (χ0) is 14.3. The van der Waals surface area contributed by atoms with Crippen molar-refractivity contribution >= 4 is 5.97 Å². The molecule has 2 rings (SSSR count). The first-order valence-electron chi connectivity index (χ1n) is 5.91. The highest BCUT2D eigenvalue weighted by Crippen LogP contribution is 2.44. The average molecular weight is 274 g/mol. The number of aromatic hydroxyl groups is 1. The highest BCUT2D eigenvalue weighted by Gasteiger charge is 2.44. The minimum atomic E-state index is -4.70. The number of aliphatic carboxylic acids is 1. The number of hydrogen-bond acceptors (Lipinski definition) is 2. The maximum absolute atomic E-state index is 12.7. The average Bonchev–Trinajstić information content (AvgIpc) is 2.78. The van der Waals surface area contributed by atoms with Gasteiger partial charge >= 0.3 is 12.1 Å². The fraction of sp³-hybridized carbons (Fsp3) is 0.462. The summed E-state index contributed by atoms with van der Waals surface area (Å²) in [5.74, 6) is -1.99. The number of carboxylic acid groups (broad SMARTS) is 1. The summed E-state index contributed by atoms with van der Waals surface area (Å²) in [5, 5.41) is 18.6. The van der Waals surface area contributed by atoms with Crippen LogP contribution in [0.3, 0.4) is 0 Å². The molecule has 1 aliphatic carbocycles. The molecule has 0 bridgehead atoms. The predicted octanol–water partition coefficient (Wildman–Crippen LogP) is 3.31.